The Morgan fingerprint density at radius 1 is 1.00 bits per heavy atom. The van der Waals surface area contributed by atoms with Gasteiger partial charge in [-0.3, -0.25) is 5.04 Å². The van der Waals surface area contributed by atoms with E-state index in [9.17, 15) is 18.8 Å². The van der Waals surface area contributed by atoms with Crippen molar-refractivity contribution >= 4 is 18.0 Å². The van der Waals surface area contributed by atoms with Gasteiger partial charge in [-0.05, 0) is 110 Å². The molecule has 0 heterocycles. The zero-order valence-electron chi connectivity index (χ0n) is 23.3. The number of halogens is 2. The molecule has 37 heavy (non-hydrogen) atoms. The van der Waals surface area contributed by atoms with E-state index in [0.29, 0.717) is 30.1 Å². The maximum atomic E-state index is 13.9. The average Bonchev–Trinajstić information content (AvgIpc) is 3.20. The van der Waals surface area contributed by atoms with Gasteiger partial charge in [-0.2, -0.15) is 13.1 Å². The molecule has 0 aromatic heterocycles. The molecule has 0 saturated heterocycles. The van der Waals surface area contributed by atoms with Crippen molar-refractivity contribution in [3.63, 3.8) is 0 Å². The summed E-state index contributed by atoms with van der Waals surface area (Å²) in [6, 6.07) is 0. The van der Waals surface area contributed by atoms with Crippen molar-refractivity contribution in [3.05, 3.63) is 0 Å². The molecule has 4 saturated carbocycles. The molecule has 4 fully saturated rings. The number of ether oxygens (including phenoxy) is 1. The first kappa shape index (κ1) is 29.5. The number of esters is 1. The fourth-order valence-corrected chi connectivity index (χ4v) is 9.89. The van der Waals surface area contributed by atoms with Crippen LogP contribution in [0.4, 0.5) is 8.78 Å². The SMILES string of the molecule is CC(C)CCCC(C)C1CCC2C3CCC4CC(OC(=O)C(F)(F)SOO[O-])CCC4(C)C3CCC12C. The Balaban J connectivity index is 1.37. The fraction of sp³-hybridized carbons (Fsp3) is 0.966. The van der Waals surface area contributed by atoms with Crippen LogP contribution >= 0.6 is 12.0 Å². The van der Waals surface area contributed by atoms with E-state index in [-0.39, 0.29) is 5.41 Å². The van der Waals surface area contributed by atoms with Crippen molar-refractivity contribution in [1.29, 1.82) is 0 Å². The van der Waals surface area contributed by atoms with Crippen LogP contribution in [0.1, 0.15) is 112 Å². The van der Waals surface area contributed by atoms with E-state index in [1.165, 1.54) is 51.4 Å². The van der Waals surface area contributed by atoms with Gasteiger partial charge in [-0.1, -0.05) is 53.9 Å². The van der Waals surface area contributed by atoms with Crippen molar-refractivity contribution in [2.75, 3.05) is 0 Å². The first-order valence-electron chi connectivity index (χ1n) is 14.7. The van der Waals surface area contributed by atoms with E-state index in [1.54, 1.807) is 0 Å². The quantitative estimate of drug-likeness (QED) is 0.123. The standard InChI is InChI=1S/C29H48F2O5S/c1-18(2)7-6-8-19(3)23-11-12-24-22-10-9-20-17-21(34-26(32)29(30,31)37-36-35-33)13-15-27(20,4)25(22)14-16-28(23,24)5/h18-25,33H,6-17H2,1-5H3/p-1. The summed E-state index contributed by atoms with van der Waals surface area (Å²) in [4.78, 5) is 12.0. The second-order valence-electron chi connectivity index (χ2n) is 13.7. The van der Waals surface area contributed by atoms with Crippen LogP contribution in [0.3, 0.4) is 0 Å². The Kier molecular flexibility index (Phi) is 9.25. The number of rotatable bonds is 10. The summed E-state index contributed by atoms with van der Waals surface area (Å²) < 4.78 is 36.7. The number of carbonyl (C=O) groups excluding carboxylic acids is 1. The first-order valence-corrected chi connectivity index (χ1v) is 15.4. The molecule has 0 amide bonds. The van der Waals surface area contributed by atoms with Crippen molar-refractivity contribution in [2.45, 2.75) is 123 Å². The molecule has 0 aliphatic heterocycles. The largest absolute Gasteiger partial charge is 0.691 e. The van der Waals surface area contributed by atoms with Gasteiger partial charge in [0.25, 0.3) is 0 Å². The first-order chi connectivity index (χ1) is 17.4. The van der Waals surface area contributed by atoms with E-state index in [4.69, 9.17) is 4.74 Å². The van der Waals surface area contributed by atoms with Crippen molar-refractivity contribution in [3.8, 4) is 0 Å². The van der Waals surface area contributed by atoms with Gasteiger partial charge in [0.1, 0.15) is 18.1 Å². The van der Waals surface area contributed by atoms with Crippen LogP contribution in [0.5, 0.6) is 0 Å². The molecule has 4 aliphatic rings. The minimum atomic E-state index is -3.97. The highest BCUT2D eigenvalue weighted by atomic mass is 32.2. The van der Waals surface area contributed by atoms with Gasteiger partial charge in [0, 0.05) is 0 Å². The Hall–Kier alpha value is -0.440. The van der Waals surface area contributed by atoms with Crippen LogP contribution in [0.25, 0.3) is 0 Å². The monoisotopic (exact) mass is 545 g/mol. The lowest BCUT2D eigenvalue weighted by molar-refractivity contribution is -0.777. The molecular weight excluding hydrogens is 498 g/mol. The van der Waals surface area contributed by atoms with Gasteiger partial charge in [0.05, 0.1) is 0 Å². The topological polar surface area (TPSA) is 67.8 Å². The second-order valence-corrected chi connectivity index (χ2v) is 14.5. The predicted octanol–water partition coefficient (Wildman–Crippen LogP) is 7.48. The zero-order valence-corrected chi connectivity index (χ0v) is 24.1. The van der Waals surface area contributed by atoms with Gasteiger partial charge in [0.15, 0.2) is 0 Å². The number of fused-ring (bicyclic) bond motifs is 5. The van der Waals surface area contributed by atoms with Gasteiger partial charge in [-0.25, -0.2) is 4.79 Å². The third kappa shape index (κ3) is 5.88. The average molecular weight is 546 g/mol. The Labute approximate surface area is 226 Å². The van der Waals surface area contributed by atoms with Crippen LogP contribution in [-0.2, 0) is 18.9 Å². The maximum Gasteiger partial charge on any atom is 0.415 e. The molecule has 0 N–H and O–H groups in total. The van der Waals surface area contributed by atoms with E-state index in [2.05, 4.69) is 44.0 Å². The molecule has 9 unspecified atom stereocenters. The van der Waals surface area contributed by atoms with Crippen LogP contribution in [-0.4, -0.2) is 17.3 Å². The van der Waals surface area contributed by atoms with Gasteiger partial charge in [-0.15, -0.1) is 0 Å². The lowest BCUT2D eigenvalue weighted by Gasteiger charge is -2.61. The molecule has 0 radical (unpaired) electrons. The summed E-state index contributed by atoms with van der Waals surface area (Å²) in [5.74, 6) is 3.38. The highest BCUT2D eigenvalue weighted by molar-refractivity contribution is 7.96. The Morgan fingerprint density at radius 2 is 1.70 bits per heavy atom. The number of hydrogen-bond acceptors (Lipinski definition) is 6. The third-order valence-corrected chi connectivity index (χ3v) is 12.0. The summed E-state index contributed by atoms with van der Waals surface area (Å²) in [5, 5.41) is 8.86. The van der Waals surface area contributed by atoms with Gasteiger partial charge >= 0.3 is 11.2 Å². The van der Waals surface area contributed by atoms with Crippen LogP contribution < -0.4 is 5.26 Å². The van der Waals surface area contributed by atoms with Crippen molar-refractivity contribution < 1.29 is 32.9 Å². The second kappa shape index (κ2) is 11.6. The molecular formula is C29H47F2O5S-. The van der Waals surface area contributed by atoms with Gasteiger partial charge < -0.3 is 9.99 Å². The van der Waals surface area contributed by atoms with Crippen molar-refractivity contribution in [1.82, 2.24) is 0 Å². The Morgan fingerprint density at radius 3 is 2.41 bits per heavy atom. The lowest BCUT2D eigenvalue weighted by Crippen LogP contribution is -2.54. The number of hydrogen-bond donors (Lipinski definition) is 0. The van der Waals surface area contributed by atoms with E-state index < -0.39 is 29.4 Å². The summed E-state index contributed by atoms with van der Waals surface area (Å²) >= 11 is -0.615. The molecule has 9 atom stereocenters. The van der Waals surface area contributed by atoms with Crippen molar-refractivity contribution in [2.24, 2.45) is 52.3 Å². The molecule has 5 nitrogen and oxygen atoms in total. The van der Waals surface area contributed by atoms with E-state index in [0.717, 1.165) is 42.4 Å². The molecule has 4 rings (SSSR count). The third-order valence-electron chi connectivity index (χ3n) is 11.5. The zero-order chi connectivity index (χ0) is 27.0. The van der Waals surface area contributed by atoms with E-state index >= 15 is 0 Å². The summed E-state index contributed by atoms with van der Waals surface area (Å²) in [5.41, 5.74) is 0.637. The molecule has 214 valence electrons. The summed E-state index contributed by atoms with van der Waals surface area (Å²) in [7, 11) is 0. The smallest absolute Gasteiger partial charge is 0.415 e. The summed E-state index contributed by atoms with van der Waals surface area (Å²) in [6.45, 7) is 12.2. The van der Waals surface area contributed by atoms with Crippen LogP contribution in [0, 0.1) is 52.3 Å². The Bertz CT molecular complexity index is 796. The molecule has 4 aliphatic carbocycles. The molecule has 0 spiro atoms. The van der Waals surface area contributed by atoms with Gasteiger partial charge in [0.2, 0.25) is 0 Å². The summed E-state index contributed by atoms with van der Waals surface area (Å²) in [6.07, 6.45) is 13.3. The molecule has 0 aromatic rings. The van der Waals surface area contributed by atoms with Crippen LogP contribution in [0.15, 0.2) is 0 Å². The molecule has 0 aromatic carbocycles. The minimum Gasteiger partial charge on any atom is -0.691 e. The minimum absolute atomic E-state index is 0.185. The van der Waals surface area contributed by atoms with E-state index in [1.807, 2.05) is 0 Å². The molecule has 8 heteroatoms. The number of carbonyl (C=O) groups is 1. The predicted molar refractivity (Wildman–Crippen MR) is 138 cm³/mol. The maximum absolute atomic E-state index is 13.9. The fourth-order valence-electron chi connectivity index (χ4n) is 9.66. The highest BCUT2D eigenvalue weighted by Crippen LogP contribution is 2.68. The van der Waals surface area contributed by atoms with Crippen LogP contribution in [0.2, 0.25) is 0 Å². The normalized spacial score (nSPS) is 40.6. The highest BCUT2D eigenvalue weighted by Gasteiger charge is 2.61. The molecule has 0 bridgehead atoms. The number of alkyl halides is 2. The lowest BCUT2D eigenvalue weighted by atomic mass is 9.44.